The van der Waals surface area contributed by atoms with E-state index in [1.807, 2.05) is 0 Å². The Morgan fingerprint density at radius 3 is 2.40 bits per heavy atom. The number of aryl methyl sites for hydroxylation is 2. The number of hydrogen-bond donors (Lipinski definition) is 2. The summed E-state index contributed by atoms with van der Waals surface area (Å²) in [6.07, 6.45) is 0. The first-order chi connectivity index (χ1) is 11.6. The predicted molar refractivity (Wildman–Crippen MR) is 94.5 cm³/mol. The second kappa shape index (κ2) is 7.11. The van der Waals surface area contributed by atoms with Crippen molar-refractivity contribution >= 4 is 11.8 Å². The van der Waals surface area contributed by atoms with Gasteiger partial charge in [-0.15, -0.1) is 0 Å². The lowest BCUT2D eigenvalue weighted by molar-refractivity contribution is 0.0514. The van der Waals surface area contributed by atoms with Gasteiger partial charge in [-0.1, -0.05) is 6.07 Å². The second-order valence-electron chi connectivity index (χ2n) is 6.56. The molecule has 0 saturated heterocycles. The van der Waals surface area contributed by atoms with Crippen LogP contribution in [0.25, 0.3) is 0 Å². The van der Waals surface area contributed by atoms with Gasteiger partial charge in [0.1, 0.15) is 17.1 Å². The molecule has 0 aliphatic rings. The molecule has 0 spiro atoms. The summed E-state index contributed by atoms with van der Waals surface area (Å²) in [5.74, 6) is 0.794. The first-order valence-corrected chi connectivity index (χ1v) is 8.01. The Balaban J connectivity index is 2.11. The van der Waals surface area contributed by atoms with Crippen molar-refractivity contribution < 1.29 is 19.1 Å². The topological polar surface area (TPSA) is 82.8 Å². The van der Waals surface area contributed by atoms with E-state index in [1.54, 1.807) is 65.2 Å². The molecule has 0 saturated carbocycles. The van der Waals surface area contributed by atoms with Crippen LogP contribution in [0.4, 0.5) is 0 Å². The fourth-order valence-corrected chi connectivity index (χ4v) is 2.67. The van der Waals surface area contributed by atoms with Gasteiger partial charge in [0.05, 0.1) is 6.54 Å². The number of rotatable bonds is 5. The molecule has 25 heavy (non-hydrogen) atoms. The highest BCUT2D eigenvalue weighted by Crippen LogP contribution is 2.26. The van der Waals surface area contributed by atoms with Gasteiger partial charge in [0, 0.05) is 30.8 Å². The highest BCUT2D eigenvalue weighted by Gasteiger charge is 2.28. The molecule has 2 aromatic rings. The lowest BCUT2D eigenvalue weighted by atomic mass is 9.96. The monoisotopic (exact) mass is 344 g/mol. The zero-order valence-electron chi connectivity index (χ0n) is 15.2. The quantitative estimate of drug-likeness (QED) is 0.871. The molecule has 0 aliphatic carbocycles. The SMILES string of the molecule is Cc1cc(C(C)(O)CNC(=O)c2cccc(C(=O)N(C)C)c2)c(C)o1. The predicted octanol–water partition coefficient (Wildman–Crippen LogP) is 2.24. The Morgan fingerprint density at radius 1 is 1.20 bits per heavy atom. The van der Waals surface area contributed by atoms with Crippen LogP contribution in [0.15, 0.2) is 34.7 Å². The van der Waals surface area contributed by atoms with E-state index in [-0.39, 0.29) is 18.4 Å². The zero-order chi connectivity index (χ0) is 18.8. The fourth-order valence-electron chi connectivity index (χ4n) is 2.67. The van der Waals surface area contributed by atoms with Gasteiger partial charge in [-0.25, -0.2) is 0 Å². The highest BCUT2D eigenvalue weighted by molar-refractivity contribution is 5.99. The molecule has 134 valence electrons. The number of benzene rings is 1. The summed E-state index contributed by atoms with van der Waals surface area (Å²) >= 11 is 0. The number of amides is 2. The van der Waals surface area contributed by atoms with Crippen LogP contribution in [0.2, 0.25) is 0 Å². The lowest BCUT2D eigenvalue weighted by Crippen LogP contribution is -2.38. The van der Waals surface area contributed by atoms with Crippen molar-refractivity contribution in [1.29, 1.82) is 0 Å². The van der Waals surface area contributed by atoms with Crippen molar-refractivity contribution in [2.75, 3.05) is 20.6 Å². The van der Waals surface area contributed by atoms with Gasteiger partial charge >= 0.3 is 0 Å². The number of aliphatic hydroxyl groups is 1. The summed E-state index contributed by atoms with van der Waals surface area (Å²) in [6.45, 7) is 5.22. The highest BCUT2D eigenvalue weighted by atomic mass is 16.3. The van der Waals surface area contributed by atoms with E-state index in [1.165, 1.54) is 4.90 Å². The standard InChI is InChI=1S/C19H24N2O4/c1-12-9-16(13(2)25-12)19(3,24)11-20-17(22)14-7-6-8-15(10-14)18(23)21(4)5/h6-10,24H,11H2,1-5H3,(H,20,22). The van der Waals surface area contributed by atoms with Gasteiger partial charge < -0.3 is 19.7 Å². The van der Waals surface area contributed by atoms with Crippen molar-refractivity contribution in [3.05, 3.63) is 58.5 Å². The van der Waals surface area contributed by atoms with Crippen LogP contribution in [0.1, 0.15) is 44.7 Å². The molecule has 2 amide bonds. The Morgan fingerprint density at radius 2 is 1.84 bits per heavy atom. The minimum Gasteiger partial charge on any atom is -0.466 e. The van der Waals surface area contributed by atoms with Crippen LogP contribution in [0.3, 0.4) is 0 Å². The summed E-state index contributed by atoms with van der Waals surface area (Å²) in [5, 5.41) is 13.4. The second-order valence-corrected chi connectivity index (χ2v) is 6.56. The number of furan rings is 1. The van der Waals surface area contributed by atoms with Gasteiger partial charge in [0.15, 0.2) is 0 Å². The number of nitrogens with one attached hydrogen (secondary N) is 1. The molecule has 0 radical (unpaired) electrons. The van der Waals surface area contributed by atoms with Gasteiger partial charge in [-0.05, 0) is 45.0 Å². The van der Waals surface area contributed by atoms with E-state index >= 15 is 0 Å². The van der Waals surface area contributed by atoms with Crippen molar-refractivity contribution in [2.24, 2.45) is 0 Å². The molecule has 0 fully saturated rings. The normalized spacial score (nSPS) is 13.2. The van der Waals surface area contributed by atoms with E-state index in [9.17, 15) is 14.7 Å². The molecular formula is C19H24N2O4. The Hall–Kier alpha value is -2.60. The first-order valence-electron chi connectivity index (χ1n) is 8.01. The van der Waals surface area contributed by atoms with Gasteiger partial charge in [-0.3, -0.25) is 9.59 Å². The Bertz CT molecular complexity index is 790. The minimum absolute atomic E-state index is 0.0253. The van der Waals surface area contributed by atoms with Gasteiger partial charge in [0.25, 0.3) is 11.8 Å². The molecule has 1 heterocycles. The third-order valence-corrected chi connectivity index (χ3v) is 3.99. The first kappa shape index (κ1) is 18.7. The van der Waals surface area contributed by atoms with E-state index in [2.05, 4.69) is 5.32 Å². The summed E-state index contributed by atoms with van der Waals surface area (Å²) < 4.78 is 5.44. The fraction of sp³-hybridized carbons (Fsp3) is 0.368. The third kappa shape index (κ3) is 4.28. The van der Waals surface area contributed by atoms with E-state index in [0.717, 1.165) is 0 Å². The summed E-state index contributed by atoms with van der Waals surface area (Å²) in [4.78, 5) is 25.8. The van der Waals surface area contributed by atoms with Crippen molar-refractivity contribution in [3.63, 3.8) is 0 Å². The molecule has 1 aromatic carbocycles. The van der Waals surface area contributed by atoms with E-state index < -0.39 is 5.60 Å². The van der Waals surface area contributed by atoms with Crippen molar-refractivity contribution in [3.8, 4) is 0 Å². The molecule has 2 N–H and O–H groups in total. The lowest BCUT2D eigenvalue weighted by Gasteiger charge is -2.23. The molecule has 1 aromatic heterocycles. The van der Waals surface area contributed by atoms with Crippen LogP contribution < -0.4 is 5.32 Å². The number of nitrogens with zero attached hydrogens (tertiary/aromatic N) is 1. The van der Waals surface area contributed by atoms with Crippen LogP contribution in [-0.2, 0) is 5.60 Å². The van der Waals surface area contributed by atoms with Crippen molar-refractivity contribution in [2.45, 2.75) is 26.4 Å². The molecule has 6 nitrogen and oxygen atoms in total. The maximum Gasteiger partial charge on any atom is 0.253 e. The van der Waals surface area contributed by atoms with Crippen LogP contribution in [0, 0.1) is 13.8 Å². The molecule has 1 atom stereocenters. The molecule has 6 heteroatoms. The summed E-state index contributed by atoms with van der Waals surface area (Å²) in [6, 6.07) is 8.25. The van der Waals surface area contributed by atoms with Crippen LogP contribution in [0.5, 0.6) is 0 Å². The number of carbonyl (C=O) groups is 2. The van der Waals surface area contributed by atoms with Crippen LogP contribution in [-0.4, -0.2) is 42.5 Å². The molecular weight excluding hydrogens is 320 g/mol. The van der Waals surface area contributed by atoms with Crippen molar-refractivity contribution in [1.82, 2.24) is 10.2 Å². The number of carbonyl (C=O) groups excluding carboxylic acids is 2. The Kier molecular flexibility index (Phi) is 5.33. The molecule has 1 unspecified atom stereocenters. The number of hydrogen-bond acceptors (Lipinski definition) is 4. The largest absolute Gasteiger partial charge is 0.466 e. The Labute approximate surface area is 147 Å². The van der Waals surface area contributed by atoms with Gasteiger partial charge in [-0.2, -0.15) is 0 Å². The van der Waals surface area contributed by atoms with E-state index in [4.69, 9.17) is 4.42 Å². The van der Waals surface area contributed by atoms with Gasteiger partial charge in [0.2, 0.25) is 0 Å². The molecule has 0 aliphatic heterocycles. The third-order valence-electron chi connectivity index (χ3n) is 3.99. The van der Waals surface area contributed by atoms with Crippen LogP contribution >= 0.6 is 0 Å². The average Bonchev–Trinajstić information content (AvgIpc) is 2.91. The average molecular weight is 344 g/mol. The molecule has 0 bridgehead atoms. The summed E-state index contributed by atoms with van der Waals surface area (Å²) in [7, 11) is 3.31. The zero-order valence-corrected chi connectivity index (χ0v) is 15.2. The molecule has 2 rings (SSSR count). The van der Waals surface area contributed by atoms with E-state index in [0.29, 0.717) is 28.2 Å². The maximum absolute atomic E-state index is 12.4. The minimum atomic E-state index is -1.26. The maximum atomic E-state index is 12.4. The summed E-state index contributed by atoms with van der Waals surface area (Å²) in [5.41, 5.74) is 0.185. The smallest absolute Gasteiger partial charge is 0.253 e.